The molecule has 0 bridgehead atoms. The van der Waals surface area contributed by atoms with Crippen molar-refractivity contribution in [2.45, 2.75) is 83.2 Å². The summed E-state index contributed by atoms with van der Waals surface area (Å²) < 4.78 is 0. The lowest BCUT2D eigenvalue weighted by molar-refractivity contribution is 0.121. The van der Waals surface area contributed by atoms with Crippen molar-refractivity contribution in [3.63, 3.8) is 0 Å². The van der Waals surface area contributed by atoms with Crippen molar-refractivity contribution in [1.29, 1.82) is 0 Å². The zero-order valence-corrected chi connectivity index (χ0v) is 12.3. The minimum atomic E-state index is 0.766. The molecule has 2 atom stereocenters. The Kier molecular flexibility index (Phi) is 6.50. The number of likely N-dealkylation sites (tertiary alicyclic amines) is 1. The number of nitrogens with one attached hydrogen (secondary N) is 1. The first kappa shape index (κ1) is 14.3. The van der Waals surface area contributed by atoms with Gasteiger partial charge in [-0.25, -0.2) is 0 Å². The number of hydrogen-bond acceptors (Lipinski definition) is 2. The molecule has 2 fully saturated rings. The third-order valence-corrected chi connectivity index (χ3v) is 4.74. The molecule has 2 saturated heterocycles. The molecule has 0 spiro atoms. The van der Waals surface area contributed by atoms with Gasteiger partial charge in [0.1, 0.15) is 0 Å². The maximum Gasteiger partial charge on any atom is 0.0195 e. The first-order valence-electron chi connectivity index (χ1n) is 8.37. The van der Waals surface area contributed by atoms with E-state index in [1.54, 1.807) is 0 Å². The Morgan fingerprint density at radius 3 is 2.72 bits per heavy atom. The second-order valence-corrected chi connectivity index (χ2v) is 6.29. The van der Waals surface area contributed by atoms with Crippen LogP contribution in [0.5, 0.6) is 0 Å². The molecule has 18 heavy (non-hydrogen) atoms. The smallest absolute Gasteiger partial charge is 0.0195 e. The van der Waals surface area contributed by atoms with Crippen LogP contribution in [0.3, 0.4) is 0 Å². The molecule has 2 aliphatic rings. The van der Waals surface area contributed by atoms with Crippen molar-refractivity contribution < 1.29 is 0 Å². The quantitative estimate of drug-likeness (QED) is 0.823. The number of nitrogens with zero attached hydrogens (tertiary/aromatic N) is 1. The Morgan fingerprint density at radius 2 is 1.83 bits per heavy atom. The van der Waals surface area contributed by atoms with E-state index in [9.17, 15) is 0 Å². The predicted octanol–water partition coefficient (Wildman–Crippen LogP) is 3.56. The Morgan fingerprint density at radius 1 is 1.00 bits per heavy atom. The van der Waals surface area contributed by atoms with Crippen LogP contribution in [0.2, 0.25) is 0 Å². The molecule has 0 radical (unpaired) electrons. The minimum absolute atomic E-state index is 0.766. The van der Waals surface area contributed by atoms with E-state index in [1.165, 1.54) is 83.8 Å². The number of rotatable bonds is 4. The van der Waals surface area contributed by atoms with Crippen LogP contribution < -0.4 is 5.32 Å². The van der Waals surface area contributed by atoms with E-state index in [4.69, 9.17) is 0 Å². The molecular formula is C16H32N2. The first-order chi connectivity index (χ1) is 8.90. The van der Waals surface area contributed by atoms with Gasteiger partial charge in [-0.3, -0.25) is 4.90 Å². The van der Waals surface area contributed by atoms with Gasteiger partial charge < -0.3 is 5.32 Å². The van der Waals surface area contributed by atoms with E-state index >= 15 is 0 Å². The summed E-state index contributed by atoms with van der Waals surface area (Å²) in [6.45, 7) is 6.24. The topological polar surface area (TPSA) is 15.3 Å². The van der Waals surface area contributed by atoms with Crippen molar-refractivity contribution >= 4 is 0 Å². The van der Waals surface area contributed by atoms with E-state index in [0.29, 0.717) is 0 Å². The standard InChI is InChI=1S/C16H32N2/c1-2-9-16-11-6-8-13-18(16)14-15-10-5-3-4-7-12-17-15/h15-17H,2-14H2,1H3. The Balaban J connectivity index is 1.80. The summed E-state index contributed by atoms with van der Waals surface area (Å²) in [4.78, 5) is 2.80. The summed E-state index contributed by atoms with van der Waals surface area (Å²) in [6.07, 6.45) is 14.2. The van der Waals surface area contributed by atoms with Gasteiger partial charge in [-0.1, -0.05) is 39.0 Å². The van der Waals surface area contributed by atoms with Gasteiger partial charge in [0.05, 0.1) is 0 Å². The fourth-order valence-electron chi connectivity index (χ4n) is 3.68. The molecule has 0 aliphatic carbocycles. The van der Waals surface area contributed by atoms with Crippen LogP contribution in [0.25, 0.3) is 0 Å². The maximum atomic E-state index is 3.79. The number of piperidine rings is 1. The van der Waals surface area contributed by atoms with Gasteiger partial charge in [-0.15, -0.1) is 0 Å². The molecule has 2 aliphatic heterocycles. The SMILES string of the molecule is CCCC1CCCCN1CC1CCCCCCN1. The maximum absolute atomic E-state index is 3.79. The predicted molar refractivity (Wildman–Crippen MR) is 79.0 cm³/mol. The average molecular weight is 252 g/mol. The highest BCUT2D eigenvalue weighted by atomic mass is 15.2. The van der Waals surface area contributed by atoms with E-state index < -0.39 is 0 Å². The van der Waals surface area contributed by atoms with Crippen LogP contribution in [0.15, 0.2) is 0 Å². The van der Waals surface area contributed by atoms with Crippen LogP contribution >= 0.6 is 0 Å². The zero-order valence-electron chi connectivity index (χ0n) is 12.3. The van der Waals surface area contributed by atoms with Crippen molar-refractivity contribution in [3.05, 3.63) is 0 Å². The Labute approximate surface area is 114 Å². The molecule has 2 nitrogen and oxygen atoms in total. The molecule has 0 aromatic rings. The van der Waals surface area contributed by atoms with Crippen molar-refractivity contribution in [3.8, 4) is 0 Å². The third-order valence-electron chi connectivity index (χ3n) is 4.74. The van der Waals surface area contributed by atoms with E-state index in [-0.39, 0.29) is 0 Å². The second kappa shape index (κ2) is 8.16. The van der Waals surface area contributed by atoms with E-state index in [2.05, 4.69) is 17.1 Å². The minimum Gasteiger partial charge on any atom is -0.313 e. The highest BCUT2D eigenvalue weighted by molar-refractivity contribution is 4.81. The summed E-state index contributed by atoms with van der Waals surface area (Å²) in [5.74, 6) is 0. The Hall–Kier alpha value is -0.0800. The van der Waals surface area contributed by atoms with Crippen LogP contribution in [-0.4, -0.2) is 36.6 Å². The van der Waals surface area contributed by atoms with Crippen LogP contribution in [0.1, 0.15) is 71.1 Å². The van der Waals surface area contributed by atoms with Crippen molar-refractivity contribution in [2.75, 3.05) is 19.6 Å². The lowest BCUT2D eigenvalue weighted by Crippen LogP contribution is -2.48. The molecule has 1 N–H and O–H groups in total. The lowest BCUT2D eigenvalue weighted by atomic mass is 9.96. The normalized spacial score (nSPS) is 31.8. The van der Waals surface area contributed by atoms with Gasteiger partial charge in [0, 0.05) is 18.6 Å². The van der Waals surface area contributed by atoms with E-state index in [0.717, 1.165) is 12.1 Å². The lowest BCUT2D eigenvalue weighted by Gasteiger charge is -2.38. The molecule has 0 saturated carbocycles. The largest absolute Gasteiger partial charge is 0.313 e. The molecular weight excluding hydrogens is 220 g/mol. The summed E-state index contributed by atoms with van der Waals surface area (Å²) >= 11 is 0. The molecule has 0 amide bonds. The van der Waals surface area contributed by atoms with Gasteiger partial charge >= 0.3 is 0 Å². The molecule has 2 unspecified atom stereocenters. The summed E-state index contributed by atoms with van der Waals surface area (Å²) in [5.41, 5.74) is 0. The molecule has 0 aromatic carbocycles. The fraction of sp³-hybridized carbons (Fsp3) is 1.00. The molecule has 2 rings (SSSR count). The van der Waals surface area contributed by atoms with Crippen molar-refractivity contribution in [2.24, 2.45) is 0 Å². The molecule has 2 heterocycles. The molecule has 2 heteroatoms. The monoisotopic (exact) mass is 252 g/mol. The highest BCUT2D eigenvalue weighted by Gasteiger charge is 2.24. The van der Waals surface area contributed by atoms with Crippen molar-refractivity contribution in [1.82, 2.24) is 10.2 Å². The molecule has 106 valence electrons. The first-order valence-corrected chi connectivity index (χ1v) is 8.37. The van der Waals surface area contributed by atoms with Crippen LogP contribution in [-0.2, 0) is 0 Å². The summed E-state index contributed by atoms with van der Waals surface area (Å²) in [6, 6.07) is 1.65. The van der Waals surface area contributed by atoms with Gasteiger partial charge in [0.2, 0.25) is 0 Å². The van der Waals surface area contributed by atoms with E-state index in [1.807, 2.05) is 0 Å². The third kappa shape index (κ3) is 4.55. The number of hydrogen-bond donors (Lipinski definition) is 1. The van der Waals surface area contributed by atoms with Gasteiger partial charge in [0.15, 0.2) is 0 Å². The van der Waals surface area contributed by atoms with Gasteiger partial charge in [-0.2, -0.15) is 0 Å². The molecule has 0 aromatic heterocycles. The fourth-order valence-corrected chi connectivity index (χ4v) is 3.68. The highest BCUT2D eigenvalue weighted by Crippen LogP contribution is 2.22. The second-order valence-electron chi connectivity index (χ2n) is 6.29. The zero-order chi connectivity index (χ0) is 12.6. The van der Waals surface area contributed by atoms with Crippen LogP contribution in [0, 0.1) is 0 Å². The summed E-state index contributed by atoms with van der Waals surface area (Å²) in [7, 11) is 0. The summed E-state index contributed by atoms with van der Waals surface area (Å²) in [5, 5.41) is 3.79. The Bertz CT molecular complexity index is 207. The average Bonchev–Trinajstić information content (AvgIpc) is 2.35. The van der Waals surface area contributed by atoms with Gasteiger partial charge in [0.25, 0.3) is 0 Å². The van der Waals surface area contributed by atoms with Gasteiger partial charge in [-0.05, 0) is 45.2 Å². The van der Waals surface area contributed by atoms with Crippen LogP contribution in [0.4, 0.5) is 0 Å².